The third-order valence-electron chi connectivity index (χ3n) is 3.42. The lowest BCUT2D eigenvalue weighted by atomic mass is 10.0. The first kappa shape index (κ1) is 14.2. The number of aliphatic carboxylic acids is 1. The number of anilines is 1. The van der Waals surface area contributed by atoms with Crippen molar-refractivity contribution in [1.82, 2.24) is 0 Å². The standard InChI is InChI=1S/C15H17NO4/c1-9-7-10(2)13-11(8-9)14(19)15(20)16(13)6-4-3-5-12(17)18/h7-8H,3-6H2,1-2H3,(H,17,18). The molecule has 0 saturated heterocycles. The molecular formula is C15H17NO4. The van der Waals surface area contributed by atoms with E-state index in [2.05, 4.69) is 0 Å². The molecule has 0 bridgehead atoms. The molecule has 1 N–H and O–H groups in total. The summed E-state index contributed by atoms with van der Waals surface area (Å²) < 4.78 is 0. The number of fused-ring (bicyclic) bond motifs is 1. The highest BCUT2D eigenvalue weighted by Gasteiger charge is 2.36. The molecule has 0 unspecified atom stereocenters. The van der Waals surface area contributed by atoms with E-state index in [0.717, 1.165) is 11.1 Å². The number of amides is 1. The summed E-state index contributed by atoms with van der Waals surface area (Å²) >= 11 is 0. The van der Waals surface area contributed by atoms with Crippen LogP contribution < -0.4 is 4.90 Å². The maximum Gasteiger partial charge on any atom is 0.303 e. The molecule has 2 rings (SSSR count). The zero-order valence-corrected chi connectivity index (χ0v) is 11.6. The van der Waals surface area contributed by atoms with E-state index in [9.17, 15) is 14.4 Å². The monoisotopic (exact) mass is 275 g/mol. The average molecular weight is 275 g/mol. The first-order valence-corrected chi connectivity index (χ1v) is 6.61. The number of carbonyl (C=O) groups excluding carboxylic acids is 2. The Hall–Kier alpha value is -2.17. The highest BCUT2D eigenvalue weighted by atomic mass is 16.4. The van der Waals surface area contributed by atoms with Crippen molar-refractivity contribution in [3.05, 3.63) is 28.8 Å². The molecular weight excluding hydrogens is 258 g/mol. The van der Waals surface area contributed by atoms with Gasteiger partial charge in [0.25, 0.3) is 11.7 Å². The van der Waals surface area contributed by atoms with Crippen molar-refractivity contribution in [2.45, 2.75) is 33.1 Å². The highest BCUT2D eigenvalue weighted by molar-refractivity contribution is 6.52. The number of benzene rings is 1. The number of rotatable bonds is 5. The zero-order valence-electron chi connectivity index (χ0n) is 11.6. The van der Waals surface area contributed by atoms with E-state index in [0.29, 0.717) is 30.6 Å². The van der Waals surface area contributed by atoms with Gasteiger partial charge in [-0.15, -0.1) is 0 Å². The summed E-state index contributed by atoms with van der Waals surface area (Å²) in [6, 6.07) is 3.68. The second kappa shape index (κ2) is 5.45. The number of hydrogen-bond donors (Lipinski definition) is 1. The highest BCUT2D eigenvalue weighted by Crippen LogP contribution is 2.33. The van der Waals surface area contributed by atoms with Gasteiger partial charge in [0.05, 0.1) is 11.3 Å². The molecule has 1 aromatic carbocycles. The van der Waals surface area contributed by atoms with Crippen LogP contribution in [0.1, 0.15) is 40.7 Å². The first-order valence-electron chi connectivity index (χ1n) is 6.61. The predicted molar refractivity (Wildman–Crippen MR) is 74.1 cm³/mol. The van der Waals surface area contributed by atoms with Gasteiger partial charge in [0.15, 0.2) is 0 Å². The van der Waals surface area contributed by atoms with Crippen molar-refractivity contribution in [3.8, 4) is 0 Å². The van der Waals surface area contributed by atoms with Crippen LogP contribution in [0.5, 0.6) is 0 Å². The minimum Gasteiger partial charge on any atom is -0.481 e. The van der Waals surface area contributed by atoms with Crippen LogP contribution in [0, 0.1) is 13.8 Å². The van der Waals surface area contributed by atoms with Crippen LogP contribution in [0.3, 0.4) is 0 Å². The van der Waals surface area contributed by atoms with Gasteiger partial charge in [-0.05, 0) is 43.9 Å². The van der Waals surface area contributed by atoms with Crippen molar-refractivity contribution < 1.29 is 19.5 Å². The Balaban J connectivity index is 2.18. The van der Waals surface area contributed by atoms with Crippen LogP contribution in [0.25, 0.3) is 0 Å². The van der Waals surface area contributed by atoms with Crippen LogP contribution >= 0.6 is 0 Å². The SMILES string of the molecule is Cc1cc(C)c2c(c1)C(=O)C(=O)N2CCCCC(=O)O. The van der Waals surface area contributed by atoms with E-state index in [1.54, 1.807) is 6.07 Å². The molecule has 106 valence electrons. The van der Waals surface area contributed by atoms with Gasteiger partial charge in [0, 0.05) is 13.0 Å². The van der Waals surface area contributed by atoms with E-state index < -0.39 is 17.7 Å². The largest absolute Gasteiger partial charge is 0.481 e. The van der Waals surface area contributed by atoms with E-state index in [1.165, 1.54) is 4.90 Å². The number of nitrogens with zero attached hydrogens (tertiary/aromatic N) is 1. The number of ketones is 1. The number of unbranched alkanes of at least 4 members (excludes halogenated alkanes) is 1. The van der Waals surface area contributed by atoms with Crippen molar-refractivity contribution in [2.24, 2.45) is 0 Å². The summed E-state index contributed by atoms with van der Waals surface area (Å²) in [6.45, 7) is 4.15. The summed E-state index contributed by atoms with van der Waals surface area (Å²) in [5, 5.41) is 8.60. The molecule has 5 heteroatoms. The van der Waals surface area contributed by atoms with Gasteiger partial charge in [0.2, 0.25) is 0 Å². The molecule has 1 aliphatic heterocycles. The van der Waals surface area contributed by atoms with Gasteiger partial charge in [0.1, 0.15) is 0 Å². The average Bonchev–Trinajstić information content (AvgIpc) is 2.59. The molecule has 1 amide bonds. The molecule has 0 radical (unpaired) electrons. The number of carboxylic acid groups (broad SMARTS) is 1. The lowest BCUT2D eigenvalue weighted by Crippen LogP contribution is -2.31. The van der Waals surface area contributed by atoms with Crippen molar-refractivity contribution in [1.29, 1.82) is 0 Å². The van der Waals surface area contributed by atoms with Gasteiger partial charge in [-0.3, -0.25) is 14.4 Å². The Morgan fingerprint density at radius 1 is 1.20 bits per heavy atom. The van der Waals surface area contributed by atoms with E-state index in [1.807, 2.05) is 19.9 Å². The quantitative estimate of drug-likeness (QED) is 0.659. The third kappa shape index (κ3) is 2.57. The predicted octanol–water partition coefficient (Wildman–Crippen LogP) is 2.09. The molecule has 20 heavy (non-hydrogen) atoms. The van der Waals surface area contributed by atoms with Crippen molar-refractivity contribution >= 4 is 23.3 Å². The summed E-state index contributed by atoms with van der Waals surface area (Å²) in [7, 11) is 0. The Morgan fingerprint density at radius 2 is 1.90 bits per heavy atom. The fourth-order valence-electron chi connectivity index (χ4n) is 2.59. The van der Waals surface area contributed by atoms with Gasteiger partial charge < -0.3 is 10.0 Å². The van der Waals surface area contributed by atoms with E-state index in [-0.39, 0.29) is 6.42 Å². The topological polar surface area (TPSA) is 74.7 Å². The summed E-state index contributed by atoms with van der Waals surface area (Å²) in [5.41, 5.74) is 3.00. The Labute approximate surface area is 117 Å². The summed E-state index contributed by atoms with van der Waals surface area (Å²) in [4.78, 5) is 35.9. The smallest absolute Gasteiger partial charge is 0.303 e. The molecule has 5 nitrogen and oxygen atoms in total. The Morgan fingerprint density at radius 3 is 2.55 bits per heavy atom. The Kier molecular flexibility index (Phi) is 3.88. The number of carbonyl (C=O) groups is 3. The maximum atomic E-state index is 12.0. The lowest BCUT2D eigenvalue weighted by molar-refractivity contribution is -0.137. The van der Waals surface area contributed by atoms with E-state index in [4.69, 9.17) is 5.11 Å². The lowest BCUT2D eigenvalue weighted by Gasteiger charge is -2.18. The van der Waals surface area contributed by atoms with Crippen LogP contribution in [0.4, 0.5) is 5.69 Å². The van der Waals surface area contributed by atoms with Crippen LogP contribution in [-0.2, 0) is 9.59 Å². The number of hydrogen-bond acceptors (Lipinski definition) is 3. The molecule has 0 saturated carbocycles. The summed E-state index contributed by atoms with van der Waals surface area (Å²) in [6.07, 6.45) is 1.14. The van der Waals surface area contributed by atoms with Gasteiger partial charge in [-0.25, -0.2) is 0 Å². The van der Waals surface area contributed by atoms with Gasteiger partial charge in [-0.2, -0.15) is 0 Å². The first-order chi connectivity index (χ1) is 9.41. The zero-order chi connectivity index (χ0) is 14.9. The molecule has 0 spiro atoms. The molecule has 0 aromatic heterocycles. The van der Waals surface area contributed by atoms with Crippen LogP contribution in [0.2, 0.25) is 0 Å². The minimum atomic E-state index is -0.846. The number of aryl methyl sites for hydroxylation is 2. The van der Waals surface area contributed by atoms with Gasteiger partial charge in [-0.1, -0.05) is 6.07 Å². The molecule has 1 aliphatic rings. The fourth-order valence-corrected chi connectivity index (χ4v) is 2.59. The molecule has 0 aliphatic carbocycles. The van der Waals surface area contributed by atoms with Crippen molar-refractivity contribution in [3.63, 3.8) is 0 Å². The normalized spacial score (nSPS) is 13.8. The molecule has 0 atom stereocenters. The number of Topliss-reactive ketones (excluding diaryl/α,β-unsaturated/α-hetero) is 1. The molecule has 1 aromatic rings. The van der Waals surface area contributed by atoms with Crippen molar-refractivity contribution in [2.75, 3.05) is 11.4 Å². The maximum absolute atomic E-state index is 12.0. The fraction of sp³-hybridized carbons (Fsp3) is 0.400. The van der Waals surface area contributed by atoms with Crippen LogP contribution in [-0.4, -0.2) is 29.3 Å². The molecule has 0 fully saturated rings. The minimum absolute atomic E-state index is 0.0791. The van der Waals surface area contributed by atoms with Gasteiger partial charge >= 0.3 is 5.97 Å². The second-order valence-corrected chi connectivity index (χ2v) is 5.11. The summed E-state index contributed by atoms with van der Waals surface area (Å²) in [5.74, 6) is -1.82. The Bertz CT molecular complexity index is 592. The number of carboxylic acids is 1. The van der Waals surface area contributed by atoms with E-state index >= 15 is 0 Å². The molecule has 1 heterocycles. The third-order valence-corrected chi connectivity index (χ3v) is 3.42. The second-order valence-electron chi connectivity index (χ2n) is 5.11. The van der Waals surface area contributed by atoms with Crippen LogP contribution in [0.15, 0.2) is 12.1 Å².